The number of aryl methyl sites for hydroxylation is 2. The van der Waals surface area contributed by atoms with Gasteiger partial charge in [-0.15, -0.1) is 0 Å². The normalized spacial score (nSPS) is 11.7. The summed E-state index contributed by atoms with van der Waals surface area (Å²) < 4.78 is 31.0. The highest BCUT2D eigenvalue weighted by atomic mass is 32.2. The highest BCUT2D eigenvalue weighted by molar-refractivity contribution is 7.88. The van der Waals surface area contributed by atoms with Crippen molar-refractivity contribution in [3.8, 4) is 5.75 Å². The van der Waals surface area contributed by atoms with Gasteiger partial charge in [0.1, 0.15) is 5.75 Å². The van der Waals surface area contributed by atoms with Crippen molar-refractivity contribution in [2.24, 2.45) is 0 Å². The Morgan fingerprint density at radius 3 is 2.20 bits per heavy atom. The summed E-state index contributed by atoms with van der Waals surface area (Å²) in [4.78, 5) is 12.3. The number of hydrogen-bond acceptors (Lipinski definition) is 4. The first kappa shape index (κ1) is 23.9. The fourth-order valence-electron chi connectivity index (χ4n) is 2.93. The van der Waals surface area contributed by atoms with Gasteiger partial charge < -0.3 is 10.1 Å². The predicted octanol–water partition coefficient (Wildman–Crippen LogP) is 3.29. The van der Waals surface area contributed by atoms with Crippen molar-refractivity contribution >= 4 is 15.9 Å². The lowest BCUT2D eigenvalue weighted by Crippen LogP contribution is -2.40. The van der Waals surface area contributed by atoms with Crippen LogP contribution in [0.4, 0.5) is 0 Å². The third kappa shape index (κ3) is 8.55. The molecule has 0 saturated carbocycles. The number of nitrogens with zero attached hydrogens (tertiary/aromatic N) is 1. The Labute approximate surface area is 180 Å². The van der Waals surface area contributed by atoms with Gasteiger partial charge in [0.25, 0.3) is 0 Å². The summed E-state index contributed by atoms with van der Waals surface area (Å²) >= 11 is 0. The van der Waals surface area contributed by atoms with Crippen LogP contribution in [0.5, 0.6) is 5.75 Å². The lowest BCUT2D eigenvalue weighted by molar-refractivity contribution is -0.121. The topological polar surface area (TPSA) is 75.7 Å². The number of nitrogens with one attached hydrogen (secondary N) is 1. The van der Waals surface area contributed by atoms with Crippen LogP contribution < -0.4 is 10.1 Å². The third-order valence-corrected chi connectivity index (χ3v) is 5.72. The van der Waals surface area contributed by atoms with E-state index in [4.69, 9.17) is 4.74 Å². The highest BCUT2D eigenvalue weighted by Gasteiger charge is 2.20. The Morgan fingerprint density at radius 1 is 1.03 bits per heavy atom. The average molecular weight is 433 g/mol. The van der Waals surface area contributed by atoms with Crippen LogP contribution in [0.25, 0.3) is 0 Å². The van der Waals surface area contributed by atoms with Gasteiger partial charge in [-0.05, 0) is 56.9 Å². The van der Waals surface area contributed by atoms with E-state index in [0.29, 0.717) is 6.54 Å². The fourth-order valence-corrected chi connectivity index (χ4v) is 3.67. The standard InChI is InChI=1S/C23H32N2O4S/c1-18(2)29-22-13-11-20(12-14-22)6-5-15-24-23(26)17-25(30(4,27)28)16-21-9-7-19(3)8-10-21/h7-14,18H,5-6,15-17H2,1-4H3,(H,24,26). The molecule has 0 heterocycles. The summed E-state index contributed by atoms with van der Waals surface area (Å²) in [6.45, 7) is 6.43. The molecule has 30 heavy (non-hydrogen) atoms. The molecule has 0 aliphatic carbocycles. The van der Waals surface area contributed by atoms with Crippen LogP contribution >= 0.6 is 0 Å². The lowest BCUT2D eigenvalue weighted by atomic mass is 10.1. The maximum atomic E-state index is 12.3. The number of rotatable bonds is 11. The summed E-state index contributed by atoms with van der Waals surface area (Å²) in [7, 11) is -3.49. The molecular formula is C23H32N2O4S. The summed E-state index contributed by atoms with van der Waals surface area (Å²) in [6.07, 6.45) is 2.86. The van der Waals surface area contributed by atoms with Gasteiger partial charge in [-0.3, -0.25) is 4.79 Å². The van der Waals surface area contributed by atoms with Crippen molar-refractivity contribution in [2.75, 3.05) is 19.3 Å². The first-order valence-corrected chi connectivity index (χ1v) is 12.0. The van der Waals surface area contributed by atoms with Crippen LogP contribution in [0, 0.1) is 6.92 Å². The predicted molar refractivity (Wildman–Crippen MR) is 120 cm³/mol. The smallest absolute Gasteiger partial charge is 0.235 e. The molecule has 0 bridgehead atoms. The maximum Gasteiger partial charge on any atom is 0.235 e. The van der Waals surface area contributed by atoms with E-state index in [2.05, 4.69) is 5.32 Å². The van der Waals surface area contributed by atoms with Crippen molar-refractivity contribution in [1.82, 2.24) is 9.62 Å². The second kappa shape index (κ2) is 11.1. The molecule has 0 aliphatic heterocycles. The van der Waals surface area contributed by atoms with Gasteiger partial charge in [0.2, 0.25) is 15.9 Å². The van der Waals surface area contributed by atoms with Crippen LogP contribution in [0.3, 0.4) is 0 Å². The monoisotopic (exact) mass is 432 g/mol. The minimum atomic E-state index is -3.49. The van der Waals surface area contributed by atoms with Crippen LogP contribution in [0.2, 0.25) is 0 Å². The molecule has 164 valence electrons. The molecule has 0 atom stereocenters. The van der Waals surface area contributed by atoms with Gasteiger partial charge in [0.15, 0.2) is 0 Å². The zero-order valence-electron chi connectivity index (χ0n) is 18.2. The molecule has 1 N–H and O–H groups in total. The van der Waals surface area contributed by atoms with E-state index in [9.17, 15) is 13.2 Å². The largest absolute Gasteiger partial charge is 0.491 e. The third-order valence-electron chi connectivity index (χ3n) is 4.53. The maximum absolute atomic E-state index is 12.3. The van der Waals surface area contributed by atoms with E-state index < -0.39 is 10.0 Å². The second-order valence-corrected chi connectivity index (χ2v) is 9.76. The van der Waals surface area contributed by atoms with Crippen molar-refractivity contribution in [3.05, 3.63) is 65.2 Å². The van der Waals surface area contributed by atoms with Gasteiger partial charge in [0.05, 0.1) is 18.9 Å². The zero-order valence-corrected chi connectivity index (χ0v) is 19.0. The molecule has 1 amide bonds. The number of carbonyl (C=O) groups is 1. The minimum absolute atomic E-state index is 0.142. The number of hydrogen-bond donors (Lipinski definition) is 1. The molecule has 6 nitrogen and oxygen atoms in total. The first-order chi connectivity index (χ1) is 14.1. The molecule has 0 aliphatic rings. The van der Waals surface area contributed by atoms with Crippen LogP contribution in [0.15, 0.2) is 48.5 Å². The summed E-state index contributed by atoms with van der Waals surface area (Å²) in [5, 5.41) is 2.82. The molecule has 2 aromatic rings. The van der Waals surface area contributed by atoms with Gasteiger partial charge in [-0.1, -0.05) is 42.0 Å². The van der Waals surface area contributed by atoms with E-state index in [1.807, 2.05) is 69.3 Å². The quantitative estimate of drug-likeness (QED) is 0.553. The number of ether oxygens (including phenoxy) is 1. The number of benzene rings is 2. The van der Waals surface area contributed by atoms with Gasteiger partial charge in [0, 0.05) is 13.1 Å². The van der Waals surface area contributed by atoms with Crippen molar-refractivity contribution in [2.45, 2.75) is 46.3 Å². The molecule has 0 saturated heterocycles. The summed E-state index contributed by atoms with van der Waals surface area (Å²) in [5.74, 6) is 0.546. The SMILES string of the molecule is Cc1ccc(CN(CC(=O)NCCCc2ccc(OC(C)C)cc2)S(C)(=O)=O)cc1. The van der Waals surface area contributed by atoms with E-state index in [1.54, 1.807) is 0 Å². The molecular weight excluding hydrogens is 400 g/mol. The van der Waals surface area contributed by atoms with Gasteiger partial charge >= 0.3 is 0 Å². The highest BCUT2D eigenvalue weighted by Crippen LogP contribution is 2.15. The number of carbonyl (C=O) groups excluding carboxylic acids is 1. The van der Waals surface area contributed by atoms with Crippen molar-refractivity contribution < 1.29 is 17.9 Å². The van der Waals surface area contributed by atoms with E-state index in [1.165, 1.54) is 4.31 Å². The molecule has 0 unspecified atom stereocenters. The molecule has 0 radical (unpaired) electrons. The summed E-state index contributed by atoms with van der Waals surface area (Å²) in [5.41, 5.74) is 3.12. The molecule has 0 spiro atoms. The van der Waals surface area contributed by atoms with Crippen LogP contribution in [-0.2, 0) is 27.8 Å². The second-order valence-electron chi connectivity index (χ2n) is 7.78. The van der Waals surface area contributed by atoms with E-state index in [-0.39, 0.29) is 25.1 Å². The number of sulfonamides is 1. The van der Waals surface area contributed by atoms with Crippen LogP contribution in [0.1, 0.15) is 37.0 Å². The fraction of sp³-hybridized carbons (Fsp3) is 0.435. The Bertz CT molecular complexity index is 907. The molecule has 7 heteroatoms. The van der Waals surface area contributed by atoms with Gasteiger partial charge in [-0.25, -0.2) is 8.42 Å². The Balaban J connectivity index is 1.79. The minimum Gasteiger partial charge on any atom is -0.491 e. The first-order valence-electron chi connectivity index (χ1n) is 10.2. The summed E-state index contributed by atoms with van der Waals surface area (Å²) in [6, 6.07) is 15.5. The Morgan fingerprint density at radius 2 is 1.63 bits per heavy atom. The average Bonchev–Trinajstić information content (AvgIpc) is 2.66. The molecule has 2 rings (SSSR count). The Hall–Kier alpha value is -2.38. The zero-order chi connectivity index (χ0) is 22.1. The number of amides is 1. The molecule has 2 aromatic carbocycles. The van der Waals surface area contributed by atoms with Crippen LogP contribution in [-0.4, -0.2) is 44.1 Å². The molecule has 0 aromatic heterocycles. The molecule has 0 fully saturated rings. The van der Waals surface area contributed by atoms with Crippen molar-refractivity contribution in [1.29, 1.82) is 0 Å². The van der Waals surface area contributed by atoms with Gasteiger partial charge in [-0.2, -0.15) is 4.31 Å². The Kier molecular flexibility index (Phi) is 8.87. The lowest BCUT2D eigenvalue weighted by Gasteiger charge is -2.19. The van der Waals surface area contributed by atoms with E-state index in [0.717, 1.165) is 41.5 Å². The van der Waals surface area contributed by atoms with E-state index >= 15 is 0 Å². The van der Waals surface area contributed by atoms with Crippen molar-refractivity contribution in [3.63, 3.8) is 0 Å².